The standard InChI is InChI=1S/C14H16N4O.ClH/c19-14(12-6-3-8-15-12)17-11-5-1-2-7-13(11)18-10-4-9-16-18;/h1-2,4-5,7,9-10,12,15H,3,6,8H2,(H,17,19);1H. The van der Waals surface area contributed by atoms with Crippen molar-refractivity contribution in [3.05, 3.63) is 42.7 Å². The second kappa shape index (κ2) is 6.54. The first kappa shape index (κ1) is 14.6. The van der Waals surface area contributed by atoms with Crippen LogP contribution in [0.5, 0.6) is 0 Å². The number of rotatable bonds is 3. The molecule has 1 amide bonds. The third kappa shape index (κ3) is 3.00. The minimum absolute atomic E-state index is 0. The Kier molecular flexibility index (Phi) is 4.76. The maximum atomic E-state index is 12.1. The Morgan fingerprint density at radius 1 is 1.35 bits per heavy atom. The van der Waals surface area contributed by atoms with Crippen molar-refractivity contribution in [3.8, 4) is 5.69 Å². The van der Waals surface area contributed by atoms with Gasteiger partial charge in [-0.1, -0.05) is 12.1 Å². The highest BCUT2D eigenvalue weighted by Gasteiger charge is 2.22. The molecule has 2 heterocycles. The lowest BCUT2D eigenvalue weighted by atomic mass is 10.2. The lowest BCUT2D eigenvalue weighted by Crippen LogP contribution is -2.35. The van der Waals surface area contributed by atoms with Gasteiger partial charge in [0.25, 0.3) is 0 Å². The number of amides is 1. The number of carbonyl (C=O) groups is 1. The van der Waals surface area contributed by atoms with Crippen molar-refractivity contribution in [2.24, 2.45) is 0 Å². The Balaban J connectivity index is 0.00000147. The van der Waals surface area contributed by atoms with Gasteiger partial charge in [0.15, 0.2) is 0 Å². The van der Waals surface area contributed by atoms with Gasteiger partial charge in [0.05, 0.1) is 17.4 Å². The molecule has 1 atom stereocenters. The number of hydrogen-bond donors (Lipinski definition) is 2. The van der Waals surface area contributed by atoms with Crippen LogP contribution in [0.15, 0.2) is 42.7 Å². The average Bonchev–Trinajstić information content (AvgIpc) is 3.13. The Morgan fingerprint density at radius 2 is 2.20 bits per heavy atom. The molecule has 1 aliphatic rings. The molecule has 20 heavy (non-hydrogen) atoms. The van der Waals surface area contributed by atoms with Gasteiger partial charge in [-0.2, -0.15) is 5.10 Å². The summed E-state index contributed by atoms with van der Waals surface area (Å²) in [7, 11) is 0. The van der Waals surface area contributed by atoms with Crippen molar-refractivity contribution >= 4 is 24.0 Å². The quantitative estimate of drug-likeness (QED) is 0.909. The van der Waals surface area contributed by atoms with Gasteiger partial charge < -0.3 is 10.6 Å². The maximum absolute atomic E-state index is 12.1. The number of anilines is 1. The Morgan fingerprint density at radius 3 is 2.90 bits per heavy atom. The van der Waals surface area contributed by atoms with Crippen LogP contribution in [0.4, 0.5) is 5.69 Å². The lowest BCUT2D eigenvalue weighted by Gasteiger charge is -2.14. The smallest absolute Gasteiger partial charge is 0.241 e. The van der Waals surface area contributed by atoms with Crippen molar-refractivity contribution in [2.45, 2.75) is 18.9 Å². The number of carbonyl (C=O) groups excluding carboxylic acids is 1. The molecule has 2 N–H and O–H groups in total. The number of aromatic nitrogens is 2. The fourth-order valence-electron chi connectivity index (χ4n) is 2.32. The normalized spacial score (nSPS) is 17.5. The van der Waals surface area contributed by atoms with Gasteiger partial charge in [-0.3, -0.25) is 4.79 Å². The van der Waals surface area contributed by atoms with Crippen LogP contribution in [0.3, 0.4) is 0 Å². The molecular weight excluding hydrogens is 276 g/mol. The highest BCUT2D eigenvalue weighted by molar-refractivity contribution is 5.96. The molecule has 0 saturated carbocycles. The van der Waals surface area contributed by atoms with Gasteiger partial charge in [0, 0.05) is 12.4 Å². The number of nitrogens with one attached hydrogen (secondary N) is 2. The van der Waals surface area contributed by atoms with Gasteiger partial charge in [-0.05, 0) is 37.6 Å². The van der Waals surface area contributed by atoms with Crippen LogP contribution in [0, 0.1) is 0 Å². The molecule has 2 aromatic rings. The summed E-state index contributed by atoms with van der Waals surface area (Å²) in [5, 5.41) is 10.4. The van der Waals surface area contributed by atoms with Gasteiger partial charge >= 0.3 is 0 Å². The van der Waals surface area contributed by atoms with Crippen molar-refractivity contribution in [2.75, 3.05) is 11.9 Å². The molecule has 106 valence electrons. The Labute approximate surface area is 123 Å². The number of hydrogen-bond acceptors (Lipinski definition) is 3. The van der Waals surface area contributed by atoms with Gasteiger partial charge in [0.2, 0.25) is 5.91 Å². The summed E-state index contributed by atoms with van der Waals surface area (Å²) in [5.74, 6) is 0.0251. The fourth-order valence-corrected chi connectivity index (χ4v) is 2.32. The summed E-state index contributed by atoms with van der Waals surface area (Å²) in [5.41, 5.74) is 1.66. The van der Waals surface area contributed by atoms with Crippen LogP contribution in [0.1, 0.15) is 12.8 Å². The molecular formula is C14H17ClN4O. The molecule has 6 heteroatoms. The Hall–Kier alpha value is -1.85. The van der Waals surface area contributed by atoms with E-state index in [2.05, 4.69) is 15.7 Å². The zero-order chi connectivity index (χ0) is 13.1. The summed E-state index contributed by atoms with van der Waals surface area (Å²) in [6, 6.07) is 9.45. The molecule has 1 aromatic heterocycles. The molecule has 1 aliphatic heterocycles. The molecule has 1 aromatic carbocycles. The number of halogens is 1. The molecule has 0 bridgehead atoms. The van der Waals surface area contributed by atoms with Gasteiger partial charge in [-0.25, -0.2) is 4.68 Å². The van der Waals surface area contributed by atoms with E-state index in [0.29, 0.717) is 0 Å². The molecule has 0 radical (unpaired) electrons. The number of para-hydroxylation sites is 2. The minimum Gasteiger partial charge on any atom is -0.323 e. The predicted octanol–water partition coefficient (Wildman–Crippen LogP) is 1.98. The fraction of sp³-hybridized carbons (Fsp3) is 0.286. The first-order valence-electron chi connectivity index (χ1n) is 6.48. The molecule has 0 aliphatic carbocycles. The molecule has 0 spiro atoms. The van der Waals surface area contributed by atoms with E-state index in [1.165, 1.54) is 0 Å². The van der Waals surface area contributed by atoms with Crippen LogP contribution in [-0.2, 0) is 4.79 Å². The van der Waals surface area contributed by atoms with Crippen LogP contribution >= 0.6 is 12.4 Å². The van der Waals surface area contributed by atoms with E-state index in [0.717, 1.165) is 30.8 Å². The zero-order valence-electron chi connectivity index (χ0n) is 11.0. The van der Waals surface area contributed by atoms with Crippen molar-refractivity contribution < 1.29 is 4.79 Å². The first-order chi connectivity index (χ1) is 9.34. The van der Waals surface area contributed by atoms with Gasteiger partial charge in [0.1, 0.15) is 0 Å². The van der Waals surface area contributed by atoms with Crippen molar-refractivity contribution in [1.82, 2.24) is 15.1 Å². The molecule has 3 rings (SSSR count). The largest absolute Gasteiger partial charge is 0.323 e. The van der Waals surface area contributed by atoms with E-state index in [4.69, 9.17) is 0 Å². The summed E-state index contributed by atoms with van der Waals surface area (Å²) in [6.45, 7) is 0.916. The van der Waals surface area contributed by atoms with Crippen LogP contribution < -0.4 is 10.6 Å². The van der Waals surface area contributed by atoms with Crippen LogP contribution in [0.25, 0.3) is 5.69 Å². The second-order valence-electron chi connectivity index (χ2n) is 4.61. The van der Waals surface area contributed by atoms with Crippen molar-refractivity contribution in [3.63, 3.8) is 0 Å². The molecule has 5 nitrogen and oxygen atoms in total. The Bertz CT molecular complexity index is 564. The number of nitrogens with zero attached hydrogens (tertiary/aromatic N) is 2. The second-order valence-corrected chi connectivity index (χ2v) is 4.61. The number of benzene rings is 1. The predicted molar refractivity (Wildman–Crippen MR) is 80.5 cm³/mol. The highest BCUT2D eigenvalue weighted by atomic mass is 35.5. The lowest BCUT2D eigenvalue weighted by molar-refractivity contribution is -0.117. The topological polar surface area (TPSA) is 59.0 Å². The molecule has 1 unspecified atom stereocenters. The van der Waals surface area contributed by atoms with Crippen LogP contribution in [0.2, 0.25) is 0 Å². The third-order valence-electron chi connectivity index (χ3n) is 3.29. The van der Waals surface area contributed by atoms with E-state index in [9.17, 15) is 4.79 Å². The average molecular weight is 293 g/mol. The summed E-state index contributed by atoms with van der Waals surface area (Å²) in [6.07, 6.45) is 5.53. The van der Waals surface area contributed by atoms with Gasteiger partial charge in [-0.15, -0.1) is 12.4 Å². The third-order valence-corrected chi connectivity index (χ3v) is 3.29. The van der Waals surface area contributed by atoms with E-state index in [-0.39, 0.29) is 24.4 Å². The molecule has 1 fully saturated rings. The zero-order valence-corrected chi connectivity index (χ0v) is 11.8. The maximum Gasteiger partial charge on any atom is 0.241 e. The van der Waals surface area contributed by atoms with E-state index in [1.807, 2.05) is 36.5 Å². The van der Waals surface area contributed by atoms with E-state index < -0.39 is 0 Å². The van der Waals surface area contributed by atoms with Crippen molar-refractivity contribution in [1.29, 1.82) is 0 Å². The minimum atomic E-state index is -0.0781. The monoisotopic (exact) mass is 292 g/mol. The summed E-state index contributed by atoms with van der Waals surface area (Å²) < 4.78 is 1.75. The van der Waals surface area contributed by atoms with E-state index in [1.54, 1.807) is 10.9 Å². The SMILES string of the molecule is Cl.O=C(Nc1ccccc1-n1cccn1)C1CCCN1. The highest BCUT2D eigenvalue weighted by Crippen LogP contribution is 2.20. The summed E-state index contributed by atoms with van der Waals surface area (Å²) in [4.78, 5) is 12.1. The first-order valence-corrected chi connectivity index (χ1v) is 6.48. The van der Waals surface area contributed by atoms with E-state index >= 15 is 0 Å². The molecule has 1 saturated heterocycles. The summed E-state index contributed by atoms with van der Waals surface area (Å²) >= 11 is 0. The van der Waals surface area contributed by atoms with Crippen LogP contribution in [-0.4, -0.2) is 28.3 Å².